The van der Waals surface area contributed by atoms with Gasteiger partial charge >= 0.3 is 5.97 Å². The maximum Gasteiger partial charge on any atom is 0.335 e. The van der Waals surface area contributed by atoms with Gasteiger partial charge in [0, 0.05) is 24.7 Å². The van der Waals surface area contributed by atoms with Gasteiger partial charge in [0.15, 0.2) is 0 Å². The third-order valence-corrected chi connectivity index (χ3v) is 4.31. The topological polar surface area (TPSA) is 78.4 Å². The van der Waals surface area contributed by atoms with Gasteiger partial charge in [-0.05, 0) is 48.2 Å². The zero-order chi connectivity index (χ0) is 17.1. The van der Waals surface area contributed by atoms with Gasteiger partial charge in [-0.2, -0.15) is 0 Å². The number of carbonyl (C=O) groups excluding carboxylic acids is 1. The molecule has 0 bridgehead atoms. The number of carboxylic acids is 1. The number of rotatable bonds is 5. The van der Waals surface area contributed by atoms with Gasteiger partial charge in [-0.25, -0.2) is 4.79 Å². The van der Waals surface area contributed by atoms with E-state index in [1.165, 1.54) is 0 Å². The van der Waals surface area contributed by atoms with Crippen molar-refractivity contribution < 1.29 is 14.7 Å². The van der Waals surface area contributed by atoms with Crippen LogP contribution in [0.1, 0.15) is 46.4 Å². The fourth-order valence-corrected chi connectivity index (χ4v) is 2.88. The lowest BCUT2D eigenvalue weighted by molar-refractivity contribution is -0.116. The van der Waals surface area contributed by atoms with E-state index in [0.29, 0.717) is 18.5 Å². The molecule has 5 heteroatoms. The number of nitrogens with one attached hydrogen (secondary N) is 2. The van der Waals surface area contributed by atoms with Crippen LogP contribution in [0.2, 0.25) is 0 Å². The van der Waals surface area contributed by atoms with Crippen LogP contribution < -0.4 is 10.6 Å². The van der Waals surface area contributed by atoms with Gasteiger partial charge in [0.05, 0.1) is 5.56 Å². The Labute approximate surface area is 140 Å². The summed E-state index contributed by atoms with van der Waals surface area (Å²) in [6, 6.07) is 13.2. The lowest BCUT2D eigenvalue weighted by atomic mass is 9.97. The van der Waals surface area contributed by atoms with Crippen LogP contribution in [-0.2, 0) is 17.8 Å². The molecule has 1 heterocycles. The van der Waals surface area contributed by atoms with E-state index in [0.717, 1.165) is 28.8 Å². The number of anilines is 1. The van der Waals surface area contributed by atoms with Gasteiger partial charge in [-0.15, -0.1) is 0 Å². The van der Waals surface area contributed by atoms with Crippen LogP contribution in [0.3, 0.4) is 0 Å². The van der Waals surface area contributed by atoms with E-state index < -0.39 is 5.97 Å². The van der Waals surface area contributed by atoms with Gasteiger partial charge < -0.3 is 15.7 Å². The number of aromatic carboxylic acids is 1. The second-order valence-corrected chi connectivity index (χ2v) is 6.07. The van der Waals surface area contributed by atoms with E-state index in [2.05, 4.69) is 23.6 Å². The van der Waals surface area contributed by atoms with Crippen molar-refractivity contribution in [2.24, 2.45) is 0 Å². The molecule has 3 rings (SSSR count). The average Bonchev–Trinajstić information content (AvgIpc) is 2.59. The minimum absolute atomic E-state index is 0.0692. The minimum atomic E-state index is -0.915. The summed E-state index contributed by atoms with van der Waals surface area (Å²) in [5.41, 5.74) is 4.45. The number of aryl methyl sites for hydroxylation is 1. The molecular weight excluding hydrogens is 304 g/mol. The van der Waals surface area contributed by atoms with Crippen molar-refractivity contribution in [3.8, 4) is 0 Å². The summed E-state index contributed by atoms with van der Waals surface area (Å²) in [6.45, 7) is 2.67. The molecular formula is C19H20N2O3. The smallest absolute Gasteiger partial charge is 0.335 e. The first-order valence-corrected chi connectivity index (χ1v) is 8.01. The normalized spacial score (nSPS) is 14.6. The molecule has 124 valence electrons. The summed E-state index contributed by atoms with van der Waals surface area (Å²) in [4.78, 5) is 22.4. The van der Waals surface area contributed by atoms with Crippen molar-refractivity contribution in [2.75, 3.05) is 5.32 Å². The van der Waals surface area contributed by atoms with Crippen LogP contribution in [0.25, 0.3) is 0 Å². The van der Waals surface area contributed by atoms with E-state index in [1.54, 1.807) is 18.2 Å². The van der Waals surface area contributed by atoms with Gasteiger partial charge in [0.25, 0.3) is 0 Å². The minimum Gasteiger partial charge on any atom is -0.478 e. The predicted molar refractivity (Wildman–Crippen MR) is 92.0 cm³/mol. The van der Waals surface area contributed by atoms with Gasteiger partial charge in [0.2, 0.25) is 5.91 Å². The summed E-state index contributed by atoms with van der Waals surface area (Å²) in [7, 11) is 0. The quantitative estimate of drug-likeness (QED) is 0.789. The van der Waals surface area contributed by atoms with Gasteiger partial charge in [-0.3, -0.25) is 4.79 Å². The molecule has 1 unspecified atom stereocenters. The second kappa shape index (κ2) is 6.84. The Morgan fingerprint density at radius 1 is 1.25 bits per heavy atom. The fraction of sp³-hybridized carbons (Fsp3) is 0.263. The Morgan fingerprint density at radius 2 is 2.08 bits per heavy atom. The summed E-state index contributed by atoms with van der Waals surface area (Å²) in [5, 5.41) is 15.3. The lowest BCUT2D eigenvalue weighted by Gasteiger charge is -2.20. The molecule has 1 aliphatic heterocycles. The Balaban J connectivity index is 1.67. The molecule has 0 spiro atoms. The number of fused-ring (bicyclic) bond motifs is 1. The van der Waals surface area contributed by atoms with E-state index in [-0.39, 0.29) is 11.9 Å². The number of benzene rings is 2. The molecule has 0 fully saturated rings. The molecule has 0 radical (unpaired) electrons. The molecule has 0 saturated heterocycles. The highest BCUT2D eigenvalue weighted by atomic mass is 16.4. The molecule has 1 amide bonds. The van der Waals surface area contributed by atoms with Crippen LogP contribution in [0, 0.1) is 0 Å². The first-order valence-electron chi connectivity index (χ1n) is 8.01. The third-order valence-electron chi connectivity index (χ3n) is 4.31. The zero-order valence-corrected chi connectivity index (χ0v) is 13.5. The van der Waals surface area contributed by atoms with E-state index >= 15 is 0 Å². The van der Waals surface area contributed by atoms with Crippen molar-refractivity contribution in [2.45, 2.75) is 32.4 Å². The van der Waals surface area contributed by atoms with Crippen LogP contribution >= 0.6 is 0 Å². The molecule has 0 aromatic heterocycles. The van der Waals surface area contributed by atoms with Crippen LogP contribution in [-0.4, -0.2) is 17.0 Å². The molecule has 0 saturated carbocycles. The molecule has 24 heavy (non-hydrogen) atoms. The maximum absolute atomic E-state index is 11.4. The molecule has 2 aromatic rings. The van der Waals surface area contributed by atoms with Crippen LogP contribution in [0.15, 0.2) is 42.5 Å². The molecule has 5 nitrogen and oxygen atoms in total. The lowest BCUT2D eigenvalue weighted by Crippen LogP contribution is -2.21. The molecule has 1 atom stereocenters. The maximum atomic E-state index is 11.4. The van der Waals surface area contributed by atoms with Gasteiger partial charge in [-0.1, -0.05) is 24.3 Å². The Morgan fingerprint density at radius 3 is 2.88 bits per heavy atom. The SMILES string of the molecule is CC(NCc1cccc(C(=O)O)c1)c1ccc2c(c1)CCC(=O)N2. The predicted octanol–water partition coefficient (Wildman–Crippen LogP) is 3.12. The van der Waals surface area contributed by atoms with Crippen LogP contribution in [0.5, 0.6) is 0 Å². The summed E-state index contributed by atoms with van der Waals surface area (Å²) in [5.74, 6) is -0.846. The van der Waals surface area contributed by atoms with E-state index in [4.69, 9.17) is 5.11 Å². The van der Waals surface area contributed by atoms with Crippen molar-refractivity contribution in [1.29, 1.82) is 0 Å². The molecule has 0 aliphatic carbocycles. The zero-order valence-electron chi connectivity index (χ0n) is 13.5. The van der Waals surface area contributed by atoms with Crippen molar-refractivity contribution in [3.63, 3.8) is 0 Å². The van der Waals surface area contributed by atoms with Crippen molar-refractivity contribution in [3.05, 3.63) is 64.7 Å². The third kappa shape index (κ3) is 3.63. The highest BCUT2D eigenvalue weighted by Crippen LogP contribution is 2.26. The van der Waals surface area contributed by atoms with E-state index in [9.17, 15) is 9.59 Å². The monoisotopic (exact) mass is 324 g/mol. The number of hydrogen-bond acceptors (Lipinski definition) is 3. The molecule has 1 aliphatic rings. The average molecular weight is 324 g/mol. The van der Waals surface area contributed by atoms with Crippen molar-refractivity contribution in [1.82, 2.24) is 5.32 Å². The standard InChI is InChI=1S/C19H20N2O3/c1-12(20-11-13-3-2-4-16(9-13)19(23)24)14-5-7-17-15(10-14)6-8-18(22)21-17/h2-5,7,9-10,12,20H,6,8,11H2,1H3,(H,21,22)(H,23,24). The Bertz CT molecular complexity index is 786. The molecule has 3 N–H and O–H groups in total. The first-order chi connectivity index (χ1) is 11.5. The van der Waals surface area contributed by atoms with Crippen LogP contribution in [0.4, 0.5) is 5.69 Å². The van der Waals surface area contributed by atoms with Crippen molar-refractivity contribution >= 4 is 17.6 Å². The van der Waals surface area contributed by atoms with E-state index in [1.807, 2.05) is 18.2 Å². The Hall–Kier alpha value is -2.66. The fourth-order valence-electron chi connectivity index (χ4n) is 2.88. The number of carboxylic acid groups (broad SMARTS) is 1. The van der Waals surface area contributed by atoms with Gasteiger partial charge in [0.1, 0.15) is 0 Å². The summed E-state index contributed by atoms with van der Waals surface area (Å²) < 4.78 is 0. The summed E-state index contributed by atoms with van der Waals surface area (Å²) >= 11 is 0. The number of amides is 1. The first kappa shape index (κ1) is 16.2. The Kier molecular flexibility index (Phi) is 4.62. The second-order valence-electron chi connectivity index (χ2n) is 6.07. The highest BCUT2D eigenvalue weighted by molar-refractivity contribution is 5.93. The largest absolute Gasteiger partial charge is 0.478 e. The number of carbonyl (C=O) groups is 2. The molecule has 2 aromatic carbocycles. The highest BCUT2D eigenvalue weighted by Gasteiger charge is 2.16. The number of hydrogen-bond donors (Lipinski definition) is 3. The summed E-state index contributed by atoms with van der Waals surface area (Å²) in [6.07, 6.45) is 1.29.